The molecule has 7 nitrogen and oxygen atoms in total. The van der Waals surface area contributed by atoms with Gasteiger partial charge in [-0.25, -0.2) is 4.98 Å². The number of hydrogen-bond donors (Lipinski definition) is 3. The van der Waals surface area contributed by atoms with Gasteiger partial charge in [0.2, 0.25) is 0 Å². The van der Waals surface area contributed by atoms with Gasteiger partial charge in [-0.1, -0.05) is 6.92 Å². The summed E-state index contributed by atoms with van der Waals surface area (Å²) in [6.07, 6.45) is 1.84. The summed E-state index contributed by atoms with van der Waals surface area (Å²) < 4.78 is 26.7. The Kier molecular flexibility index (Phi) is 3.63. The van der Waals surface area contributed by atoms with E-state index in [-0.39, 0.29) is 16.3 Å². The molecule has 0 aliphatic carbocycles. The van der Waals surface area contributed by atoms with Gasteiger partial charge in [0.15, 0.2) is 5.03 Å². The zero-order valence-electron chi connectivity index (χ0n) is 10.7. The number of aromatic nitrogens is 2. The molecular weight excluding hydrogens is 278 g/mol. The molecule has 0 atom stereocenters. The molecule has 2 rings (SSSR count). The first-order valence-corrected chi connectivity index (χ1v) is 7.31. The Bertz CT molecular complexity index is 773. The summed E-state index contributed by atoms with van der Waals surface area (Å²) in [7, 11) is -3.81. The zero-order valence-corrected chi connectivity index (χ0v) is 11.5. The Morgan fingerprint density at radius 3 is 2.85 bits per heavy atom. The largest absolute Gasteiger partial charge is 0.399 e. The molecule has 0 aliphatic rings. The highest BCUT2D eigenvalue weighted by Crippen LogP contribution is 2.21. The zero-order chi connectivity index (χ0) is 14.8. The smallest absolute Gasteiger partial charge is 0.279 e. The minimum Gasteiger partial charge on any atom is -0.399 e. The predicted octanol–water partition coefficient (Wildman–Crippen LogP) is 1.23. The monoisotopic (exact) mass is 291 g/mol. The number of nitrogens with one attached hydrogen (secondary N) is 2. The Balaban J connectivity index is 2.36. The standard InChI is InChI=1S/C12H13N5O2S/c1-2-11-15-7-12(16-11)20(18,19)17-10-4-3-9(14)5-8(10)6-13/h3-5,7,17H,2,14H2,1H3,(H,15,16). The van der Waals surface area contributed by atoms with Crippen LogP contribution in [0.1, 0.15) is 18.3 Å². The molecule has 0 unspecified atom stereocenters. The summed E-state index contributed by atoms with van der Waals surface area (Å²) >= 11 is 0. The molecule has 104 valence electrons. The van der Waals surface area contributed by atoms with Gasteiger partial charge in [-0.05, 0) is 18.2 Å². The topological polar surface area (TPSA) is 125 Å². The predicted molar refractivity (Wildman–Crippen MR) is 74.3 cm³/mol. The molecule has 0 saturated heterocycles. The van der Waals surface area contributed by atoms with E-state index in [9.17, 15) is 8.42 Å². The Hall–Kier alpha value is -2.53. The summed E-state index contributed by atoms with van der Waals surface area (Å²) in [5.41, 5.74) is 6.27. The minimum atomic E-state index is -3.81. The molecule has 0 bridgehead atoms. The van der Waals surface area contributed by atoms with Crippen molar-refractivity contribution in [3.05, 3.63) is 35.8 Å². The van der Waals surface area contributed by atoms with Crippen molar-refractivity contribution in [2.24, 2.45) is 0 Å². The number of hydrogen-bond acceptors (Lipinski definition) is 5. The highest BCUT2D eigenvalue weighted by Gasteiger charge is 2.18. The number of benzene rings is 1. The van der Waals surface area contributed by atoms with Gasteiger partial charge in [-0.15, -0.1) is 0 Å². The third kappa shape index (κ3) is 2.73. The molecule has 4 N–H and O–H groups in total. The van der Waals surface area contributed by atoms with Crippen LogP contribution >= 0.6 is 0 Å². The third-order valence-electron chi connectivity index (χ3n) is 2.64. The van der Waals surface area contributed by atoms with Gasteiger partial charge in [-0.3, -0.25) is 4.72 Å². The number of rotatable bonds is 4. The van der Waals surface area contributed by atoms with Gasteiger partial charge in [0.05, 0.1) is 17.4 Å². The number of nitrogen functional groups attached to an aromatic ring is 1. The van der Waals surface area contributed by atoms with Crippen molar-refractivity contribution in [2.45, 2.75) is 18.4 Å². The number of nitrogens with two attached hydrogens (primary N) is 1. The minimum absolute atomic E-state index is 0.0462. The molecule has 0 aliphatic heterocycles. The molecule has 2 aromatic rings. The molecule has 0 radical (unpaired) electrons. The lowest BCUT2D eigenvalue weighted by Gasteiger charge is -2.08. The summed E-state index contributed by atoms with van der Waals surface area (Å²) in [4.78, 5) is 6.64. The summed E-state index contributed by atoms with van der Waals surface area (Å²) in [5, 5.41) is 8.95. The molecule has 0 spiro atoms. The van der Waals surface area contributed by atoms with E-state index >= 15 is 0 Å². The first-order chi connectivity index (χ1) is 9.46. The quantitative estimate of drug-likeness (QED) is 0.730. The summed E-state index contributed by atoms with van der Waals surface area (Å²) in [5.74, 6) is 0.572. The van der Waals surface area contributed by atoms with Crippen molar-refractivity contribution in [2.75, 3.05) is 10.5 Å². The molecule has 8 heteroatoms. The van der Waals surface area contributed by atoms with Crippen molar-refractivity contribution < 1.29 is 8.42 Å². The summed E-state index contributed by atoms with van der Waals surface area (Å²) in [6.45, 7) is 1.86. The second kappa shape index (κ2) is 5.22. The Morgan fingerprint density at radius 1 is 1.50 bits per heavy atom. The van der Waals surface area contributed by atoms with Crippen molar-refractivity contribution in [1.29, 1.82) is 5.26 Å². The normalized spacial score (nSPS) is 11.0. The number of aromatic amines is 1. The van der Waals surface area contributed by atoms with Crippen LogP contribution in [0.3, 0.4) is 0 Å². The highest BCUT2D eigenvalue weighted by atomic mass is 32.2. The average Bonchev–Trinajstić information content (AvgIpc) is 2.90. The van der Waals surface area contributed by atoms with Gasteiger partial charge in [0, 0.05) is 12.1 Å². The van der Waals surface area contributed by atoms with Crippen LogP contribution in [0.15, 0.2) is 29.4 Å². The first-order valence-electron chi connectivity index (χ1n) is 5.82. The number of nitriles is 1. The maximum absolute atomic E-state index is 12.2. The Morgan fingerprint density at radius 2 is 2.25 bits per heavy atom. The number of H-pyrrole nitrogens is 1. The number of anilines is 2. The molecule has 0 fully saturated rings. The maximum Gasteiger partial charge on any atom is 0.279 e. The lowest BCUT2D eigenvalue weighted by atomic mass is 10.2. The van der Waals surface area contributed by atoms with E-state index in [1.165, 1.54) is 24.4 Å². The molecule has 1 heterocycles. The molecule has 1 aromatic carbocycles. The van der Waals surface area contributed by atoms with Gasteiger partial charge in [0.1, 0.15) is 11.9 Å². The molecule has 20 heavy (non-hydrogen) atoms. The second-order valence-corrected chi connectivity index (χ2v) is 5.72. The third-order valence-corrected chi connectivity index (χ3v) is 3.91. The SMILES string of the molecule is CCc1ncc(S(=O)(=O)Nc2ccc(N)cc2C#N)[nH]1. The van der Waals surface area contributed by atoms with E-state index in [4.69, 9.17) is 11.0 Å². The van der Waals surface area contributed by atoms with Gasteiger partial charge in [0.25, 0.3) is 10.0 Å². The van der Waals surface area contributed by atoms with E-state index in [1.54, 1.807) is 0 Å². The van der Waals surface area contributed by atoms with Gasteiger partial charge >= 0.3 is 0 Å². The number of sulfonamides is 1. The molecule has 1 aromatic heterocycles. The second-order valence-electron chi connectivity index (χ2n) is 4.07. The van der Waals surface area contributed by atoms with Crippen molar-refractivity contribution >= 4 is 21.4 Å². The molecule has 0 saturated carbocycles. The molecule has 0 amide bonds. The average molecular weight is 291 g/mol. The van der Waals surface area contributed by atoms with E-state index in [0.717, 1.165) is 0 Å². The van der Waals surface area contributed by atoms with Gasteiger partial charge in [-0.2, -0.15) is 13.7 Å². The van der Waals surface area contributed by atoms with Crippen molar-refractivity contribution in [3.8, 4) is 6.07 Å². The first kappa shape index (κ1) is 13.9. The number of aryl methyl sites for hydroxylation is 1. The number of imidazole rings is 1. The van der Waals surface area contributed by atoms with E-state index in [0.29, 0.717) is 17.9 Å². The van der Waals surface area contributed by atoms with Crippen LogP contribution in [0.5, 0.6) is 0 Å². The maximum atomic E-state index is 12.2. The lowest BCUT2D eigenvalue weighted by Crippen LogP contribution is -2.14. The van der Waals surface area contributed by atoms with Crippen LogP contribution in [0.25, 0.3) is 0 Å². The van der Waals surface area contributed by atoms with Crippen LogP contribution in [0, 0.1) is 11.3 Å². The van der Waals surface area contributed by atoms with E-state index in [1.807, 2.05) is 13.0 Å². The van der Waals surface area contributed by atoms with Crippen LogP contribution in [-0.4, -0.2) is 18.4 Å². The Labute approximate surface area is 116 Å². The fraction of sp³-hybridized carbons (Fsp3) is 0.167. The fourth-order valence-electron chi connectivity index (χ4n) is 1.60. The van der Waals surface area contributed by atoms with Gasteiger partial charge < -0.3 is 10.7 Å². The van der Waals surface area contributed by atoms with E-state index in [2.05, 4.69) is 14.7 Å². The highest BCUT2D eigenvalue weighted by molar-refractivity contribution is 7.92. The van der Waals surface area contributed by atoms with Crippen molar-refractivity contribution in [3.63, 3.8) is 0 Å². The summed E-state index contributed by atoms with van der Waals surface area (Å²) in [6, 6.07) is 6.26. The molecular formula is C12H13N5O2S. The lowest BCUT2D eigenvalue weighted by molar-refractivity contribution is 0.598. The van der Waals surface area contributed by atoms with Crippen LogP contribution < -0.4 is 10.5 Å². The fourth-order valence-corrected chi connectivity index (χ4v) is 2.62. The van der Waals surface area contributed by atoms with Crippen LogP contribution in [0.2, 0.25) is 0 Å². The number of nitrogens with zero attached hydrogens (tertiary/aromatic N) is 2. The van der Waals surface area contributed by atoms with Crippen LogP contribution in [0.4, 0.5) is 11.4 Å². The van der Waals surface area contributed by atoms with E-state index < -0.39 is 10.0 Å². The van der Waals surface area contributed by atoms with Crippen molar-refractivity contribution in [1.82, 2.24) is 9.97 Å². The van der Waals surface area contributed by atoms with Crippen LogP contribution in [-0.2, 0) is 16.4 Å².